The normalized spacial score (nSPS) is 13.2. The van der Waals surface area contributed by atoms with Crippen molar-refractivity contribution in [3.8, 4) is 5.75 Å². The van der Waals surface area contributed by atoms with Gasteiger partial charge in [0.25, 0.3) is 0 Å². The fraction of sp³-hybridized carbons (Fsp3) is 0.379. The van der Waals surface area contributed by atoms with Crippen LogP contribution in [-0.2, 0) is 36.8 Å². The maximum atomic E-state index is 13.6. The van der Waals surface area contributed by atoms with E-state index in [1.165, 1.54) is 26.2 Å². The summed E-state index contributed by atoms with van der Waals surface area (Å²) in [6.07, 6.45) is 0.561. The van der Waals surface area contributed by atoms with Crippen LogP contribution in [0.15, 0.2) is 64.6 Å². The zero-order valence-corrected chi connectivity index (χ0v) is 24.7. The van der Waals surface area contributed by atoms with E-state index >= 15 is 0 Å². The van der Waals surface area contributed by atoms with Gasteiger partial charge in [0, 0.05) is 19.4 Å². The van der Waals surface area contributed by atoms with E-state index in [9.17, 15) is 24.3 Å². The number of nitrogens with two attached hydrogens (primary N) is 4. The Kier molecular flexibility index (Phi) is 13.9. The summed E-state index contributed by atoms with van der Waals surface area (Å²) in [6.45, 7) is 1.63. The van der Waals surface area contributed by atoms with Crippen LogP contribution in [0.1, 0.15) is 30.9 Å². The van der Waals surface area contributed by atoms with Gasteiger partial charge in [0.1, 0.15) is 29.9 Å². The van der Waals surface area contributed by atoms with Crippen molar-refractivity contribution in [3.63, 3.8) is 0 Å². The predicted octanol–water partition coefficient (Wildman–Crippen LogP) is -1.48. The van der Waals surface area contributed by atoms with E-state index in [1.807, 2.05) is 6.07 Å². The van der Waals surface area contributed by atoms with Crippen molar-refractivity contribution in [2.45, 2.75) is 56.8 Å². The molecule has 0 aromatic heterocycles. The van der Waals surface area contributed by atoms with Crippen LogP contribution in [-0.4, -0.2) is 78.5 Å². The third-order valence-corrected chi connectivity index (χ3v) is 6.38. The number of rotatable bonds is 16. The summed E-state index contributed by atoms with van der Waals surface area (Å²) in [5.74, 6) is -3.03. The monoisotopic (exact) mass is 611 g/mol. The van der Waals surface area contributed by atoms with Crippen molar-refractivity contribution < 1.29 is 29.0 Å². The molecule has 0 aliphatic heterocycles. The summed E-state index contributed by atoms with van der Waals surface area (Å²) >= 11 is 0. The van der Waals surface area contributed by atoms with Crippen molar-refractivity contribution in [1.82, 2.24) is 16.0 Å². The largest absolute Gasteiger partial charge is 0.508 e. The average molecular weight is 612 g/mol. The quantitative estimate of drug-likeness (QED) is 0.0472. The smallest absolute Gasteiger partial charge is 0.328 e. The number of phenolic OH excluding ortho intramolecular Hbond substituents is 1. The number of nitrogens with one attached hydrogen (secondary N) is 3. The zero-order valence-electron chi connectivity index (χ0n) is 24.7. The van der Waals surface area contributed by atoms with Gasteiger partial charge in [-0.05, 0) is 43.0 Å². The SMILES string of the molecule is COC(=O)[C@H](C)NC(=O)[C@H](Cc1ccccc1)NC(=O)[C@@H](CCCN=C(N)N)NC(=O)[C@H](Cc1ccc(O)cc1)N=C(N)N. The second-order valence-electron chi connectivity index (χ2n) is 9.95. The molecule has 2 aromatic carbocycles. The molecule has 0 radical (unpaired) electrons. The lowest BCUT2D eigenvalue weighted by atomic mass is 10.0. The van der Waals surface area contributed by atoms with Gasteiger partial charge in [-0.15, -0.1) is 0 Å². The van der Waals surface area contributed by atoms with Crippen LogP contribution in [0.4, 0.5) is 0 Å². The highest BCUT2D eigenvalue weighted by atomic mass is 16.5. The predicted molar refractivity (Wildman–Crippen MR) is 165 cm³/mol. The number of esters is 1. The number of ether oxygens (including phenoxy) is 1. The number of nitrogens with zero attached hydrogens (tertiary/aromatic N) is 2. The first-order valence-corrected chi connectivity index (χ1v) is 13.8. The summed E-state index contributed by atoms with van der Waals surface area (Å²) in [7, 11) is 1.20. The number of carbonyl (C=O) groups is 4. The molecule has 3 amide bonds. The number of benzene rings is 2. The topological polar surface area (TPSA) is 263 Å². The van der Waals surface area contributed by atoms with E-state index in [0.29, 0.717) is 12.0 Å². The summed E-state index contributed by atoms with van der Waals surface area (Å²) in [6, 6.07) is 10.8. The van der Waals surface area contributed by atoms with Gasteiger partial charge in [-0.3, -0.25) is 19.4 Å². The third kappa shape index (κ3) is 12.3. The summed E-state index contributed by atoms with van der Waals surface area (Å²) in [4.78, 5) is 60.1. The van der Waals surface area contributed by atoms with Gasteiger partial charge in [0.2, 0.25) is 17.7 Å². The number of hydrogen-bond donors (Lipinski definition) is 8. The second-order valence-corrected chi connectivity index (χ2v) is 9.95. The van der Waals surface area contributed by atoms with Gasteiger partial charge in [0.05, 0.1) is 7.11 Å². The van der Waals surface area contributed by atoms with E-state index in [1.54, 1.807) is 36.4 Å². The molecular formula is C29H41N9O6. The molecule has 44 heavy (non-hydrogen) atoms. The van der Waals surface area contributed by atoms with Gasteiger partial charge in [0.15, 0.2) is 11.9 Å². The van der Waals surface area contributed by atoms with Crippen LogP contribution < -0.4 is 38.9 Å². The summed E-state index contributed by atoms with van der Waals surface area (Å²) < 4.78 is 4.69. The van der Waals surface area contributed by atoms with Gasteiger partial charge in [-0.2, -0.15) is 0 Å². The lowest BCUT2D eigenvalue weighted by Crippen LogP contribution is -2.57. The first kappa shape index (κ1) is 34.9. The Morgan fingerprint density at radius 3 is 1.98 bits per heavy atom. The van der Waals surface area contributed by atoms with Crippen molar-refractivity contribution in [2.24, 2.45) is 32.9 Å². The van der Waals surface area contributed by atoms with Crippen LogP contribution in [0.2, 0.25) is 0 Å². The van der Waals surface area contributed by atoms with E-state index in [-0.39, 0.29) is 43.5 Å². The van der Waals surface area contributed by atoms with Gasteiger partial charge < -0.3 is 48.7 Å². The third-order valence-electron chi connectivity index (χ3n) is 6.38. The number of phenols is 1. The lowest BCUT2D eigenvalue weighted by molar-refractivity contribution is -0.144. The number of hydrogen-bond acceptors (Lipinski definition) is 8. The fourth-order valence-corrected chi connectivity index (χ4v) is 4.15. The molecule has 0 bridgehead atoms. The highest BCUT2D eigenvalue weighted by Gasteiger charge is 2.30. The summed E-state index contributed by atoms with van der Waals surface area (Å²) in [5.41, 5.74) is 23.4. The lowest BCUT2D eigenvalue weighted by Gasteiger charge is -2.25. The molecule has 15 heteroatoms. The number of aromatic hydroxyl groups is 1. The molecule has 0 fully saturated rings. The van der Waals surface area contributed by atoms with Crippen molar-refractivity contribution in [2.75, 3.05) is 13.7 Å². The number of methoxy groups -OCH3 is 1. The Labute approximate surface area is 255 Å². The van der Waals surface area contributed by atoms with Gasteiger partial charge >= 0.3 is 5.97 Å². The number of amides is 3. The molecule has 0 spiro atoms. The van der Waals surface area contributed by atoms with Crippen LogP contribution in [0, 0.1) is 0 Å². The standard InChI is InChI=1S/C29H41N9O6/c1-17(27(43)44-2)35-25(41)22(15-18-7-4-3-5-8-18)37-24(40)21(9-6-14-34-28(30)31)36-26(42)23(38-29(32)33)16-19-10-12-20(39)13-11-19/h3-5,7-8,10-13,17,21-23,39H,6,9,14-16H2,1-2H3,(H,35,41)(H,36,42)(H,37,40)(H4,30,31,34)(H4,32,33,38)/t17-,21+,22-,23-/m0/s1. The molecular weight excluding hydrogens is 570 g/mol. The average Bonchev–Trinajstić information content (AvgIpc) is 2.98. The minimum atomic E-state index is -1.14. The highest BCUT2D eigenvalue weighted by molar-refractivity contribution is 5.95. The van der Waals surface area contributed by atoms with Crippen molar-refractivity contribution in [3.05, 3.63) is 65.7 Å². The maximum absolute atomic E-state index is 13.6. The minimum absolute atomic E-state index is 0.0455. The summed E-state index contributed by atoms with van der Waals surface area (Å²) in [5, 5.41) is 17.5. The van der Waals surface area contributed by atoms with Crippen molar-refractivity contribution in [1.29, 1.82) is 0 Å². The van der Waals surface area contributed by atoms with Crippen molar-refractivity contribution >= 4 is 35.6 Å². The molecule has 0 heterocycles. The van der Waals surface area contributed by atoms with Crippen LogP contribution in [0.25, 0.3) is 0 Å². The Bertz CT molecular complexity index is 1310. The molecule has 4 atom stereocenters. The van der Waals surface area contributed by atoms with E-state index < -0.39 is 47.9 Å². The molecule has 12 N–H and O–H groups in total. The molecule has 0 saturated heterocycles. The maximum Gasteiger partial charge on any atom is 0.328 e. The molecule has 0 aliphatic carbocycles. The first-order valence-electron chi connectivity index (χ1n) is 13.8. The van der Waals surface area contributed by atoms with Gasteiger partial charge in [-0.25, -0.2) is 9.79 Å². The highest BCUT2D eigenvalue weighted by Crippen LogP contribution is 2.13. The molecule has 2 aromatic rings. The Morgan fingerprint density at radius 2 is 1.39 bits per heavy atom. The van der Waals surface area contributed by atoms with Gasteiger partial charge in [-0.1, -0.05) is 42.5 Å². The molecule has 0 aliphatic rings. The van der Waals surface area contributed by atoms with E-state index in [4.69, 9.17) is 22.9 Å². The second kappa shape index (κ2) is 17.6. The molecule has 0 saturated carbocycles. The van der Waals surface area contributed by atoms with Crippen LogP contribution in [0.5, 0.6) is 5.75 Å². The minimum Gasteiger partial charge on any atom is -0.508 e. The zero-order chi connectivity index (χ0) is 32.6. The van der Waals surface area contributed by atoms with Crippen LogP contribution in [0.3, 0.4) is 0 Å². The molecule has 238 valence electrons. The molecule has 2 rings (SSSR count). The Hall–Kier alpha value is -5.34. The molecule has 15 nitrogen and oxygen atoms in total. The Balaban J connectivity index is 2.31. The van der Waals surface area contributed by atoms with E-state index in [0.717, 1.165) is 5.56 Å². The number of carbonyl (C=O) groups excluding carboxylic acids is 4. The number of guanidine groups is 2. The van der Waals surface area contributed by atoms with Crippen LogP contribution >= 0.6 is 0 Å². The molecule has 0 unspecified atom stereocenters. The number of aliphatic imine (C=N–C) groups is 2. The van der Waals surface area contributed by atoms with E-state index in [2.05, 4.69) is 30.7 Å². The first-order chi connectivity index (χ1) is 20.9. The fourth-order valence-electron chi connectivity index (χ4n) is 4.15. The Morgan fingerprint density at radius 1 is 0.795 bits per heavy atom.